The van der Waals surface area contributed by atoms with Gasteiger partial charge >= 0.3 is 5.97 Å². The predicted molar refractivity (Wildman–Crippen MR) is 159 cm³/mol. The molecule has 0 aromatic carbocycles. The Morgan fingerprint density at radius 1 is 1.31 bits per heavy atom. The number of nitrogens with two attached hydrogens (primary N) is 1. The molecule has 1 aliphatic carbocycles. The number of β-lactam (4-membered cyclic amide) rings is 1. The summed E-state index contributed by atoms with van der Waals surface area (Å²) in [7, 11) is 1.95. The molecule has 220 valence electrons. The number of hydrogen-bond acceptors (Lipinski definition) is 14. The van der Waals surface area contributed by atoms with Crippen molar-refractivity contribution in [2.24, 2.45) is 5.16 Å². The monoisotopic (exact) mass is 629 g/mol. The van der Waals surface area contributed by atoms with Crippen LogP contribution in [0.15, 0.2) is 63.3 Å². The molecule has 0 unspecified atom stereocenters. The van der Waals surface area contributed by atoms with E-state index in [1.807, 2.05) is 41.5 Å². The number of carbonyl (C=O) groups excluding carboxylic acids is 2. The molecule has 5 heterocycles. The Labute approximate surface area is 253 Å². The number of aromatic nitrogens is 2. The fourth-order valence-corrected chi connectivity index (χ4v) is 7.39. The van der Waals surface area contributed by atoms with Crippen LogP contribution in [0.1, 0.15) is 31.5 Å². The SMILES string of the molecule is CN1C=CN2NC(S/C=C\C3=C(C(=O)O)N4C(=O)[C@@H](NC(=O)/C(=N\OC5CCCC5)c5nsc(N)n5)[C@@H]4SC3)=CC=C12. The van der Waals surface area contributed by atoms with Gasteiger partial charge in [0.1, 0.15) is 29.0 Å². The highest BCUT2D eigenvalue weighted by Crippen LogP contribution is 2.41. The number of thioether (sulfide) groups is 2. The van der Waals surface area contributed by atoms with Crippen molar-refractivity contribution in [2.45, 2.75) is 43.2 Å². The minimum atomic E-state index is -1.22. The highest BCUT2D eigenvalue weighted by molar-refractivity contribution is 8.05. The van der Waals surface area contributed by atoms with Crippen LogP contribution in [0.5, 0.6) is 0 Å². The Morgan fingerprint density at radius 2 is 2.12 bits per heavy atom. The Balaban J connectivity index is 1.14. The molecule has 1 aromatic heterocycles. The van der Waals surface area contributed by atoms with Gasteiger partial charge in [-0.1, -0.05) is 16.9 Å². The zero-order valence-corrected chi connectivity index (χ0v) is 24.7. The van der Waals surface area contributed by atoms with Gasteiger partial charge in [-0.3, -0.25) is 19.9 Å². The molecule has 17 heteroatoms. The molecule has 0 radical (unpaired) electrons. The Morgan fingerprint density at radius 3 is 2.86 bits per heavy atom. The number of aliphatic carboxylic acids is 1. The van der Waals surface area contributed by atoms with Crippen molar-refractivity contribution in [3.8, 4) is 0 Å². The largest absolute Gasteiger partial charge is 0.477 e. The van der Waals surface area contributed by atoms with E-state index in [-0.39, 0.29) is 28.5 Å². The molecule has 0 bridgehead atoms. The van der Waals surface area contributed by atoms with Gasteiger partial charge in [-0.15, -0.1) is 11.8 Å². The van der Waals surface area contributed by atoms with E-state index in [0.717, 1.165) is 48.1 Å². The highest BCUT2D eigenvalue weighted by Gasteiger charge is 2.54. The summed E-state index contributed by atoms with van der Waals surface area (Å²) in [5.74, 6) is -1.12. The Bertz CT molecular complexity index is 1490. The van der Waals surface area contributed by atoms with Crippen molar-refractivity contribution in [3.05, 3.63) is 64.0 Å². The molecule has 1 saturated heterocycles. The van der Waals surface area contributed by atoms with Crippen LogP contribution in [0, 0.1) is 0 Å². The van der Waals surface area contributed by atoms with Crippen LogP contribution in [-0.4, -0.2) is 83.1 Å². The van der Waals surface area contributed by atoms with Gasteiger partial charge in [0, 0.05) is 36.7 Å². The van der Waals surface area contributed by atoms with Gasteiger partial charge in [-0.25, -0.2) is 9.80 Å². The van der Waals surface area contributed by atoms with Crippen LogP contribution in [0.2, 0.25) is 0 Å². The first-order chi connectivity index (χ1) is 20.3. The predicted octanol–water partition coefficient (Wildman–Crippen LogP) is 1.69. The number of carboxylic acid groups (broad SMARTS) is 1. The number of oxime groups is 1. The van der Waals surface area contributed by atoms with E-state index in [2.05, 4.69) is 25.3 Å². The van der Waals surface area contributed by atoms with Gasteiger partial charge in [0.2, 0.25) is 11.5 Å². The molecule has 42 heavy (non-hydrogen) atoms. The second kappa shape index (κ2) is 11.7. The van der Waals surface area contributed by atoms with Crippen LogP contribution in [-0.2, 0) is 19.2 Å². The van der Waals surface area contributed by atoms with Gasteiger partial charge in [-0.2, -0.15) is 9.36 Å². The van der Waals surface area contributed by atoms with Crippen LogP contribution in [0.25, 0.3) is 0 Å². The van der Waals surface area contributed by atoms with Gasteiger partial charge in [0.15, 0.2) is 5.13 Å². The lowest BCUT2D eigenvalue weighted by Crippen LogP contribution is -2.71. The molecule has 5 aliphatic rings. The third-order valence-corrected chi connectivity index (χ3v) is 9.68. The van der Waals surface area contributed by atoms with Crippen molar-refractivity contribution in [1.82, 2.24) is 34.9 Å². The molecule has 0 spiro atoms. The molecular weight excluding hydrogens is 603 g/mol. The first kappa shape index (κ1) is 28.2. The average Bonchev–Trinajstić information content (AvgIpc) is 3.73. The number of rotatable bonds is 9. The second-order valence-corrected chi connectivity index (χ2v) is 12.7. The number of carbonyl (C=O) groups is 3. The average molecular weight is 630 g/mol. The summed E-state index contributed by atoms with van der Waals surface area (Å²) in [6.45, 7) is 0. The number of carboxylic acids is 1. The first-order valence-corrected chi connectivity index (χ1v) is 15.8. The second-order valence-electron chi connectivity index (χ2n) is 9.82. The van der Waals surface area contributed by atoms with Crippen molar-refractivity contribution in [2.75, 3.05) is 18.5 Å². The lowest BCUT2D eigenvalue weighted by atomic mass is 10.0. The van der Waals surface area contributed by atoms with Crippen LogP contribution in [0.4, 0.5) is 5.13 Å². The van der Waals surface area contributed by atoms with Crippen LogP contribution in [0.3, 0.4) is 0 Å². The number of fused-ring (bicyclic) bond motifs is 2. The van der Waals surface area contributed by atoms with Crippen molar-refractivity contribution < 1.29 is 24.3 Å². The Hall–Kier alpha value is -3.96. The standard InChI is InChI=1S/C25H27N9O5S3/c1-32-9-10-33-16(32)7-6-15(29-33)40-11-8-13-12-41-23-18(22(36)34(23)19(13)24(37)38)27-21(35)17(20-28-25(26)42-31-20)30-39-14-4-2-3-5-14/h6-11,14,18,23,29H,2-5,12H2,1H3,(H,27,35)(H,37,38)(H2,26,28,31)/b11-8-,30-17-/t18-,23+/m1/s1. The van der Waals surface area contributed by atoms with E-state index in [1.165, 1.54) is 28.4 Å². The molecule has 4 aliphatic heterocycles. The quantitative estimate of drug-likeness (QED) is 0.176. The van der Waals surface area contributed by atoms with Crippen molar-refractivity contribution >= 4 is 63.7 Å². The third kappa shape index (κ3) is 5.46. The van der Waals surface area contributed by atoms with Gasteiger partial charge in [0.05, 0.1) is 5.03 Å². The molecule has 2 amide bonds. The van der Waals surface area contributed by atoms with E-state index in [0.29, 0.717) is 11.3 Å². The first-order valence-electron chi connectivity index (χ1n) is 13.1. The number of nitrogen functional groups attached to an aromatic ring is 1. The third-order valence-electron chi connectivity index (χ3n) is 7.08. The number of hydrazine groups is 1. The number of amides is 2. The molecular formula is C25H27N9O5S3. The van der Waals surface area contributed by atoms with Crippen LogP contribution < -0.4 is 16.5 Å². The van der Waals surface area contributed by atoms with E-state index in [9.17, 15) is 19.5 Å². The summed E-state index contributed by atoms with van der Waals surface area (Å²) in [5, 5.41) is 20.8. The van der Waals surface area contributed by atoms with Gasteiger partial charge < -0.3 is 25.9 Å². The zero-order valence-electron chi connectivity index (χ0n) is 22.3. The summed E-state index contributed by atoms with van der Waals surface area (Å²) in [6, 6.07) is -0.950. The number of nitrogens with zero attached hydrogens (tertiary/aromatic N) is 6. The Kier molecular flexibility index (Phi) is 7.87. The fraction of sp³-hybridized carbons (Fsp3) is 0.360. The lowest BCUT2D eigenvalue weighted by molar-refractivity contribution is -0.150. The summed E-state index contributed by atoms with van der Waals surface area (Å²) in [4.78, 5) is 51.5. The smallest absolute Gasteiger partial charge is 0.352 e. The highest BCUT2D eigenvalue weighted by atomic mass is 32.2. The molecule has 1 saturated carbocycles. The van der Waals surface area contributed by atoms with E-state index < -0.39 is 29.2 Å². The molecule has 14 nitrogen and oxygen atoms in total. The minimum Gasteiger partial charge on any atom is -0.477 e. The number of hydrogen-bond donors (Lipinski definition) is 4. The molecule has 2 fully saturated rings. The molecule has 6 rings (SSSR count). The summed E-state index contributed by atoms with van der Waals surface area (Å²) < 4.78 is 4.08. The maximum absolute atomic E-state index is 13.3. The summed E-state index contributed by atoms with van der Waals surface area (Å²) >= 11 is 3.67. The van der Waals surface area contributed by atoms with Crippen molar-refractivity contribution in [3.63, 3.8) is 0 Å². The van der Waals surface area contributed by atoms with E-state index in [1.54, 1.807) is 11.5 Å². The number of anilines is 1. The maximum Gasteiger partial charge on any atom is 0.352 e. The van der Waals surface area contributed by atoms with E-state index in [4.69, 9.17) is 10.6 Å². The minimum absolute atomic E-state index is 0.00558. The fourth-order valence-electron chi connectivity index (χ4n) is 4.96. The number of nitrogens with one attached hydrogen (secondary N) is 2. The summed E-state index contributed by atoms with van der Waals surface area (Å²) in [5.41, 5.74) is 9.18. The van der Waals surface area contributed by atoms with Gasteiger partial charge in [-0.05, 0) is 54.9 Å². The molecule has 1 aromatic rings. The molecule has 5 N–H and O–H groups in total. The topological polar surface area (TPSA) is 179 Å². The molecule has 2 atom stereocenters. The van der Waals surface area contributed by atoms with E-state index >= 15 is 0 Å². The summed E-state index contributed by atoms with van der Waals surface area (Å²) in [6.07, 6.45) is 13.0. The number of allylic oxidation sites excluding steroid dienone is 3. The van der Waals surface area contributed by atoms with Crippen molar-refractivity contribution in [1.29, 1.82) is 0 Å². The lowest BCUT2D eigenvalue weighted by Gasteiger charge is -2.49. The zero-order chi connectivity index (χ0) is 29.4. The van der Waals surface area contributed by atoms with Gasteiger partial charge in [0.25, 0.3) is 11.8 Å². The maximum atomic E-state index is 13.3. The normalized spacial score (nSPS) is 23.9. The van der Waals surface area contributed by atoms with Crippen LogP contribution >= 0.6 is 35.1 Å².